The maximum atomic E-state index is 4.44. The first-order chi connectivity index (χ1) is 10.3. The maximum absolute atomic E-state index is 4.44. The zero-order chi connectivity index (χ0) is 14.7. The highest BCUT2D eigenvalue weighted by Crippen LogP contribution is 2.40. The highest BCUT2D eigenvalue weighted by atomic mass is 14.8. The van der Waals surface area contributed by atoms with E-state index in [1.165, 1.54) is 30.2 Å². The minimum Gasteiger partial charge on any atom is -0.317 e. The molecule has 112 valence electrons. The lowest BCUT2D eigenvalue weighted by Crippen LogP contribution is -2.31. The van der Waals surface area contributed by atoms with E-state index in [4.69, 9.17) is 0 Å². The smallest absolute Gasteiger partial charge is 0.0702 e. The number of nitrogens with one attached hydrogen (secondary N) is 1. The largest absolute Gasteiger partial charge is 0.317 e. The molecule has 2 heteroatoms. The molecule has 1 heterocycles. The van der Waals surface area contributed by atoms with E-state index >= 15 is 0 Å². The van der Waals surface area contributed by atoms with Crippen LogP contribution in [-0.2, 0) is 0 Å². The Balaban J connectivity index is 1.88. The lowest BCUT2D eigenvalue weighted by molar-refractivity contribution is 0.243. The van der Waals surface area contributed by atoms with Crippen LogP contribution >= 0.6 is 0 Å². The Morgan fingerprint density at radius 1 is 1.24 bits per heavy atom. The molecule has 3 rings (SSSR count). The van der Waals surface area contributed by atoms with Crippen LogP contribution in [-0.4, -0.2) is 18.1 Å². The van der Waals surface area contributed by atoms with E-state index in [1.54, 1.807) is 0 Å². The summed E-state index contributed by atoms with van der Waals surface area (Å²) in [6, 6.07) is 11.1. The van der Waals surface area contributed by atoms with Crippen LogP contribution in [0.25, 0.3) is 10.9 Å². The van der Waals surface area contributed by atoms with Gasteiger partial charge in [0.25, 0.3) is 0 Å². The van der Waals surface area contributed by atoms with Gasteiger partial charge in [0.05, 0.1) is 5.52 Å². The van der Waals surface area contributed by atoms with Crippen LogP contribution in [0.5, 0.6) is 0 Å². The van der Waals surface area contributed by atoms with Crippen molar-refractivity contribution in [1.29, 1.82) is 0 Å². The average Bonchev–Trinajstić information content (AvgIpc) is 2.53. The zero-order valence-corrected chi connectivity index (χ0v) is 13.2. The average molecular weight is 282 g/mol. The molecule has 0 saturated heterocycles. The van der Waals surface area contributed by atoms with Crippen molar-refractivity contribution in [2.75, 3.05) is 13.1 Å². The Morgan fingerprint density at radius 3 is 3.00 bits per heavy atom. The van der Waals surface area contributed by atoms with Crippen LogP contribution in [0.4, 0.5) is 0 Å². The number of pyridine rings is 1. The van der Waals surface area contributed by atoms with E-state index in [-0.39, 0.29) is 0 Å². The third-order valence-corrected chi connectivity index (χ3v) is 4.97. The minimum atomic E-state index is 0.692. The van der Waals surface area contributed by atoms with E-state index in [9.17, 15) is 0 Å². The first kappa shape index (κ1) is 14.5. The third kappa shape index (κ3) is 3.26. The van der Waals surface area contributed by atoms with Crippen LogP contribution in [0.3, 0.4) is 0 Å². The number of rotatable bonds is 4. The van der Waals surface area contributed by atoms with Crippen molar-refractivity contribution in [3.63, 3.8) is 0 Å². The van der Waals surface area contributed by atoms with Gasteiger partial charge in [0, 0.05) is 11.6 Å². The maximum Gasteiger partial charge on any atom is 0.0702 e. The van der Waals surface area contributed by atoms with Gasteiger partial charge in [-0.15, -0.1) is 0 Å². The lowest BCUT2D eigenvalue weighted by Gasteiger charge is -2.35. The SMILES string of the molecule is CCNCC1CCC(C)CC1c1ccc2ncccc2c1. The molecule has 1 aromatic heterocycles. The van der Waals surface area contributed by atoms with Gasteiger partial charge in [-0.1, -0.05) is 32.4 Å². The molecule has 0 bridgehead atoms. The molecule has 1 N–H and O–H groups in total. The Kier molecular flexibility index (Phi) is 4.54. The number of benzene rings is 1. The summed E-state index contributed by atoms with van der Waals surface area (Å²) >= 11 is 0. The topological polar surface area (TPSA) is 24.9 Å². The lowest BCUT2D eigenvalue weighted by atomic mass is 9.71. The summed E-state index contributed by atoms with van der Waals surface area (Å²) in [6.07, 6.45) is 5.92. The van der Waals surface area contributed by atoms with E-state index in [1.807, 2.05) is 12.3 Å². The van der Waals surface area contributed by atoms with Crippen LogP contribution in [0.1, 0.15) is 44.6 Å². The quantitative estimate of drug-likeness (QED) is 0.901. The first-order valence-corrected chi connectivity index (χ1v) is 8.33. The highest BCUT2D eigenvalue weighted by Gasteiger charge is 2.29. The summed E-state index contributed by atoms with van der Waals surface area (Å²) in [5.74, 6) is 2.31. The molecular weight excluding hydrogens is 256 g/mol. The Bertz CT molecular complexity index is 591. The molecule has 2 aromatic rings. The van der Waals surface area contributed by atoms with Gasteiger partial charge in [-0.25, -0.2) is 0 Å². The number of nitrogens with zero attached hydrogens (tertiary/aromatic N) is 1. The molecule has 1 saturated carbocycles. The van der Waals surface area contributed by atoms with Gasteiger partial charge < -0.3 is 5.32 Å². The Morgan fingerprint density at radius 2 is 2.14 bits per heavy atom. The second kappa shape index (κ2) is 6.57. The fraction of sp³-hybridized carbons (Fsp3) is 0.526. The fourth-order valence-corrected chi connectivity index (χ4v) is 3.75. The van der Waals surface area contributed by atoms with Crippen molar-refractivity contribution >= 4 is 10.9 Å². The summed E-state index contributed by atoms with van der Waals surface area (Å²) in [5, 5.41) is 4.83. The molecule has 21 heavy (non-hydrogen) atoms. The molecule has 3 unspecified atom stereocenters. The molecule has 3 atom stereocenters. The Labute approximate surface area is 128 Å². The number of aromatic nitrogens is 1. The highest BCUT2D eigenvalue weighted by molar-refractivity contribution is 5.79. The van der Waals surface area contributed by atoms with Gasteiger partial charge in [-0.05, 0) is 67.4 Å². The molecule has 0 amide bonds. The molecule has 0 spiro atoms. The van der Waals surface area contributed by atoms with Crippen LogP contribution in [0.2, 0.25) is 0 Å². The minimum absolute atomic E-state index is 0.692. The molecule has 1 aromatic carbocycles. The van der Waals surface area contributed by atoms with Gasteiger partial charge >= 0.3 is 0 Å². The van der Waals surface area contributed by atoms with E-state index in [2.05, 4.69) is 48.4 Å². The fourth-order valence-electron chi connectivity index (χ4n) is 3.75. The Hall–Kier alpha value is -1.41. The number of fused-ring (bicyclic) bond motifs is 1. The summed E-state index contributed by atoms with van der Waals surface area (Å²) in [6.45, 7) is 6.82. The normalized spacial score (nSPS) is 26.1. The van der Waals surface area contributed by atoms with Crippen molar-refractivity contribution in [2.24, 2.45) is 11.8 Å². The number of hydrogen-bond donors (Lipinski definition) is 1. The van der Waals surface area contributed by atoms with Crippen LogP contribution in [0, 0.1) is 11.8 Å². The molecule has 1 aliphatic rings. The van der Waals surface area contributed by atoms with Crippen molar-refractivity contribution < 1.29 is 0 Å². The van der Waals surface area contributed by atoms with Gasteiger partial charge in [-0.3, -0.25) is 4.98 Å². The second-order valence-corrected chi connectivity index (χ2v) is 6.55. The summed E-state index contributed by atoms with van der Waals surface area (Å²) < 4.78 is 0. The molecule has 2 nitrogen and oxygen atoms in total. The second-order valence-electron chi connectivity index (χ2n) is 6.55. The molecule has 0 aliphatic heterocycles. The molecule has 1 aliphatic carbocycles. The third-order valence-electron chi connectivity index (χ3n) is 4.97. The van der Waals surface area contributed by atoms with Gasteiger partial charge in [0.1, 0.15) is 0 Å². The van der Waals surface area contributed by atoms with Gasteiger partial charge in [-0.2, -0.15) is 0 Å². The predicted molar refractivity (Wildman–Crippen MR) is 89.5 cm³/mol. The first-order valence-electron chi connectivity index (χ1n) is 8.33. The van der Waals surface area contributed by atoms with Crippen LogP contribution < -0.4 is 5.32 Å². The van der Waals surface area contributed by atoms with Crippen molar-refractivity contribution in [1.82, 2.24) is 10.3 Å². The predicted octanol–water partition coefficient (Wildman–Crippen LogP) is 4.36. The van der Waals surface area contributed by atoms with Gasteiger partial charge in [0.15, 0.2) is 0 Å². The summed E-state index contributed by atoms with van der Waals surface area (Å²) in [7, 11) is 0. The van der Waals surface area contributed by atoms with E-state index in [0.717, 1.165) is 30.4 Å². The van der Waals surface area contributed by atoms with Crippen molar-refractivity contribution in [3.05, 3.63) is 42.1 Å². The van der Waals surface area contributed by atoms with Crippen molar-refractivity contribution in [2.45, 2.75) is 39.0 Å². The standard InChI is InChI=1S/C19H26N2/c1-3-20-13-17-7-6-14(2)11-18(17)15-8-9-19-16(12-15)5-4-10-21-19/h4-5,8-10,12,14,17-18,20H,3,6-7,11,13H2,1-2H3. The van der Waals surface area contributed by atoms with E-state index < -0.39 is 0 Å². The molecule has 1 fully saturated rings. The summed E-state index contributed by atoms with van der Waals surface area (Å²) in [5.41, 5.74) is 2.61. The van der Waals surface area contributed by atoms with E-state index in [0.29, 0.717) is 5.92 Å². The monoisotopic (exact) mass is 282 g/mol. The summed E-state index contributed by atoms with van der Waals surface area (Å²) in [4.78, 5) is 4.44. The molecule has 0 radical (unpaired) electrons. The van der Waals surface area contributed by atoms with Gasteiger partial charge in [0.2, 0.25) is 0 Å². The van der Waals surface area contributed by atoms with Crippen molar-refractivity contribution in [3.8, 4) is 0 Å². The number of hydrogen-bond acceptors (Lipinski definition) is 2. The molecular formula is C19H26N2. The zero-order valence-electron chi connectivity index (χ0n) is 13.2. The van der Waals surface area contributed by atoms with Crippen LogP contribution in [0.15, 0.2) is 36.5 Å².